The van der Waals surface area contributed by atoms with Crippen LogP contribution >= 0.6 is 19.7 Å². The lowest BCUT2D eigenvalue weighted by Crippen LogP contribution is -2.41. The molecular formula is C33H43F3N5O5PS. The number of hydrogen-bond donors (Lipinski definition) is 3. The van der Waals surface area contributed by atoms with E-state index in [9.17, 15) is 27.6 Å². The number of thiophene rings is 1. The van der Waals surface area contributed by atoms with Crippen molar-refractivity contribution in [1.29, 1.82) is 5.26 Å². The number of benzene rings is 2. The highest BCUT2D eigenvalue weighted by molar-refractivity contribution is 7.45. The predicted octanol–water partition coefficient (Wildman–Crippen LogP) is 5.53. The number of amides is 3. The van der Waals surface area contributed by atoms with E-state index in [1.807, 2.05) is 48.2 Å². The van der Waals surface area contributed by atoms with Crippen molar-refractivity contribution in [1.82, 2.24) is 14.7 Å². The molecule has 2 atom stereocenters. The fourth-order valence-corrected chi connectivity index (χ4v) is 6.18. The van der Waals surface area contributed by atoms with E-state index in [0.29, 0.717) is 42.9 Å². The highest BCUT2D eigenvalue weighted by atomic mass is 32.1. The van der Waals surface area contributed by atoms with Crippen LogP contribution in [0.25, 0.3) is 10.1 Å². The number of hydrogen-bond acceptors (Lipinski definition) is 8. The quantitative estimate of drug-likeness (QED) is 0.206. The molecule has 0 spiro atoms. The molecule has 2 aromatic carbocycles. The summed E-state index contributed by atoms with van der Waals surface area (Å²) in [5.41, 5.74) is 5.33. The van der Waals surface area contributed by atoms with Crippen molar-refractivity contribution in [3.63, 3.8) is 0 Å². The Kier molecular flexibility index (Phi) is 18.7. The Labute approximate surface area is 284 Å². The Hall–Kier alpha value is -3.60. The molecular weight excluding hydrogens is 666 g/mol. The van der Waals surface area contributed by atoms with E-state index in [1.54, 1.807) is 21.9 Å². The number of nitrogens with two attached hydrogens (primary N) is 1. The maximum absolute atomic E-state index is 13.4. The molecule has 262 valence electrons. The van der Waals surface area contributed by atoms with E-state index >= 15 is 0 Å². The van der Waals surface area contributed by atoms with Crippen LogP contribution in [0, 0.1) is 17.2 Å². The predicted molar refractivity (Wildman–Crippen MR) is 182 cm³/mol. The third kappa shape index (κ3) is 14.7. The van der Waals surface area contributed by atoms with Gasteiger partial charge in [0.15, 0.2) is 5.91 Å². The van der Waals surface area contributed by atoms with Gasteiger partial charge in [0.05, 0.1) is 23.4 Å². The first-order chi connectivity index (χ1) is 23.0. The molecule has 2 unspecified atom stereocenters. The van der Waals surface area contributed by atoms with Crippen molar-refractivity contribution in [2.24, 2.45) is 11.7 Å². The lowest BCUT2D eigenvalue weighted by atomic mass is 10.1. The summed E-state index contributed by atoms with van der Waals surface area (Å²) in [5, 5.41) is 9.05. The number of likely N-dealkylation sites (tertiary alicyclic amines) is 1. The van der Waals surface area contributed by atoms with Gasteiger partial charge in [-0.2, -0.15) is 5.26 Å². The maximum Gasteiger partial charge on any atom is 0.258 e. The fourth-order valence-electron chi connectivity index (χ4n) is 4.86. The third-order valence-corrected chi connectivity index (χ3v) is 9.10. The van der Waals surface area contributed by atoms with Gasteiger partial charge < -0.3 is 25.3 Å². The van der Waals surface area contributed by atoms with Crippen molar-refractivity contribution in [3.05, 3.63) is 71.1 Å². The van der Waals surface area contributed by atoms with Crippen molar-refractivity contribution in [2.75, 3.05) is 45.8 Å². The summed E-state index contributed by atoms with van der Waals surface area (Å²) in [5.74, 6) is -2.15. The second kappa shape index (κ2) is 22.1. The smallest absolute Gasteiger partial charge is 0.258 e. The molecule has 5 rings (SSSR count). The van der Waals surface area contributed by atoms with Gasteiger partial charge in [0, 0.05) is 50.4 Å². The number of nitrogens with zero attached hydrogens (tertiary/aromatic N) is 4. The summed E-state index contributed by atoms with van der Waals surface area (Å²) in [7, 11) is -2.65. The minimum Gasteiger partial charge on any atom is -0.365 e. The van der Waals surface area contributed by atoms with E-state index < -0.39 is 26.6 Å². The largest absolute Gasteiger partial charge is 0.365 e. The van der Waals surface area contributed by atoms with Crippen LogP contribution in [0.1, 0.15) is 53.8 Å². The lowest BCUT2D eigenvalue weighted by molar-refractivity contribution is -0.132. The van der Waals surface area contributed by atoms with Crippen molar-refractivity contribution in [3.8, 4) is 6.07 Å². The van der Waals surface area contributed by atoms with E-state index in [4.69, 9.17) is 20.8 Å². The Bertz CT molecular complexity index is 1420. The van der Waals surface area contributed by atoms with E-state index in [2.05, 4.69) is 6.07 Å². The van der Waals surface area contributed by atoms with Crippen LogP contribution in [0.4, 0.5) is 13.2 Å². The lowest BCUT2D eigenvalue weighted by Gasteiger charge is -2.29. The van der Waals surface area contributed by atoms with Crippen molar-refractivity contribution < 1.29 is 37.3 Å². The highest BCUT2D eigenvalue weighted by Gasteiger charge is 2.21. The van der Waals surface area contributed by atoms with Crippen molar-refractivity contribution in [2.45, 2.75) is 44.9 Å². The van der Waals surface area contributed by atoms with Crippen LogP contribution in [-0.2, 0) is 9.59 Å². The Morgan fingerprint density at radius 2 is 1.77 bits per heavy atom. The third-order valence-electron chi connectivity index (χ3n) is 7.27. The number of alkyl halides is 3. The van der Waals surface area contributed by atoms with Gasteiger partial charge in [-0.25, -0.2) is 13.2 Å². The molecule has 0 bridgehead atoms. The number of rotatable bonds is 8. The summed E-state index contributed by atoms with van der Waals surface area (Å²) in [6.45, 7) is 5.82. The topological polar surface area (TPSA) is 151 Å². The van der Waals surface area contributed by atoms with Crippen LogP contribution in [0.5, 0.6) is 0 Å². The molecule has 2 aliphatic heterocycles. The van der Waals surface area contributed by atoms with Gasteiger partial charge in [-0.1, -0.05) is 49.4 Å². The van der Waals surface area contributed by atoms with Crippen LogP contribution in [-0.4, -0.2) is 94.9 Å². The summed E-state index contributed by atoms with van der Waals surface area (Å²) in [4.78, 5) is 55.9. The average Bonchev–Trinajstić information content (AvgIpc) is 3.74. The molecule has 0 aliphatic carbocycles. The van der Waals surface area contributed by atoms with Gasteiger partial charge >= 0.3 is 0 Å². The first kappa shape index (κ1) is 40.6. The number of carbonyl (C=O) groups excluding carboxylic acids is 3. The number of nitriles is 1. The molecule has 3 heterocycles. The van der Waals surface area contributed by atoms with Gasteiger partial charge in [0.25, 0.3) is 12.3 Å². The molecule has 2 fully saturated rings. The van der Waals surface area contributed by atoms with Crippen LogP contribution in [0.15, 0.2) is 60.7 Å². The van der Waals surface area contributed by atoms with Gasteiger partial charge in [-0.15, -0.1) is 11.3 Å². The second-order valence-corrected chi connectivity index (χ2v) is 13.2. The minimum atomic E-state index is -2.65. The summed E-state index contributed by atoms with van der Waals surface area (Å²) in [6.07, 6.45) is 1.45. The minimum absolute atomic E-state index is 0.0789. The second-order valence-electron chi connectivity index (χ2n) is 11.0. The van der Waals surface area contributed by atoms with Gasteiger partial charge in [-0.05, 0) is 48.4 Å². The fraction of sp³-hybridized carbons (Fsp3) is 0.455. The zero-order valence-corrected chi connectivity index (χ0v) is 28.5. The molecule has 2 saturated heterocycles. The summed E-state index contributed by atoms with van der Waals surface area (Å²) >= 11 is 1.22. The normalized spacial score (nSPS) is 17.1. The molecule has 0 radical (unpaired) electrons. The molecule has 0 saturated carbocycles. The van der Waals surface area contributed by atoms with E-state index in [0.717, 1.165) is 43.5 Å². The molecule has 10 nitrogen and oxygen atoms in total. The molecule has 4 N–H and O–H groups in total. The SMILES string of the molecule is CCCN1CCCN(CC(F)F)CCC1=O.N#CC1CCN(C=O)C1.NC(=O)c1cc2cc(C(F)P(O)O)ccc2s1.c1ccccc1. The maximum atomic E-state index is 13.4. The first-order valence-corrected chi connectivity index (χ1v) is 17.6. The van der Waals surface area contributed by atoms with Gasteiger partial charge in [0.2, 0.25) is 20.7 Å². The molecule has 15 heteroatoms. The van der Waals surface area contributed by atoms with Gasteiger partial charge in [-0.3, -0.25) is 19.3 Å². The zero-order chi connectivity index (χ0) is 35.5. The zero-order valence-electron chi connectivity index (χ0n) is 26.8. The van der Waals surface area contributed by atoms with Crippen LogP contribution in [0.3, 0.4) is 0 Å². The molecule has 3 aromatic rings. The number of carbonyl (C=O) groups is 3. The monoisotopic (exact) mass is 709 g/mol. The standard InChI is InChI=1S/C11H20F2N2O.C10H9FNO3PS.C6H8N2O.C6H6/c1-2-5-15-7-3-6-14(9-10(12)13)8-4-11(15)16;11-9(16(14)15)5-1-2-7-6(3-5)4-8(17-7)10(12)13;7-3-6-1-2-8(4-6)5-9;1-2-4-6-5-3-1/h10H,2-9H2,1H3;1-4,9,14-15H,(H2,12,13);5-6H,1-2,4H2;1-6H. The number of halogens is 3. The first-order valence-electron chi connectivity index (χ1n) is 15.5. The van der Waals surface area contributed by atoms with E-state index in [-0.39, 0.29) is 23.9 Å². The summed E-state index contributed by atoms with van der Waals surface area (Å²) < 4.78 is 38.6. The van der Waals surface area contributed by atoms with Crippen LogP contribution in [0.2, 0.25) is 0 Å². The molecule has 1 aromatic heterocycles. The Morgan fingerprint density at radius 1 is 1.10 bits per heavy atom. The van der Waals surface area contributed by atoms with Gasteiger partial charge in [0.1, 0.15) is 0 Å². The Morgan fingerprint density at radius 3 is 2.27 bits per heavy atom. The van der Waals surface area contributed by atoms with Crippen molar-refractivity contribution >= 4 is 48.0 Å². The average molecular weight is 710 g/mol. The van der Waals surface area contributed by atoms with E-state index in [1.165, 1.54) is 23.5 Å². The molecule has 2 aliphatic rings. The Balaban J connectivity index is 0.000000238. The van der Waals surface area contributed by atoms with Crippen LogP contribution < -0.4 is 5.73 Å². The number of primary amides is 1. The highest BCUT2D eigenvalue weighted by Crippen LogP contribution is 2.45. The molecule has 3 amide bonds. The summed E-state index contributed by atoms with van der Waals surface area (Å²) in [6, 6.07) is 20.3. The number of fused-ring (bicyclic) bond motifs is 1. The molecule has 48 heavy (non-hydrogen) atoms.